The molecule has 1 aliphatic rings. The minimum atomic E-state index is -0.237. The van der Waals surface area contributed by atoms with Crippen LogP contribution in [0, 0.1) is 0 Å². The van der Waals surface area contributed by atoms with Crippen molar-refractivity contribution >= 4 is 45.6 Å². The molecule has 1 fully saturated rings. The highest BCUT2D eigenvalue weighted by Gasteiger charge is 2.15. The summed E-state index contributed by atoms with van der Waals surface area (Å²) in [4.78, 5) is 31.2. The lowest BCUT2D eigenvalue weighted by atomic mass is 10.1. The summed E-state index contributed by atoms with van der Waals surface area (Å²) < 4.78 is 5.39. The molecular formula is C23H23ClN4O3S. The smallest absolute Gasteiger partial charge is 0.251 e. The Bertz CT molecular complexity index is 1060. The second-order valence-corrected chi connectivity index (χ2v) is 8.53. The number of carbonyl (C=O) groups is 2. The van der Waals surface area contributed by atoms with E-state index >= 15 is 0 Å². The topological polar surface area (TPSA) is 83.6 Å². The first kappa shape index (κ1) is 22.3. The number of thiazole rings is 1. The number of hydrogen-bond donors (Lipinski definition) is 2. The molecule has 3 aromatic rings. The maximum absolute atomic E-state index is 12.2. The van der Waals surface area contributed by atoms with Crippen LogP contribution in [-0.2, 0) is 9.53 Å². The molecule has 32 heavy (non-hydrogen) atoms. The molecule has 2 aromatic carbocycles. The fraction of sp³-hybridized carbons (Fsp3) is 0.261. The maximum atomic E-state index is 12.2. The molecule has 9 heteroatoms. The highest BCUT2D eigenvalue weighted by molar-refractivity contribution is 7.14. The zero-order valence-electron chi connectivity index (χ0n) is 17.3. The van der Waals surface area contributed by atoms with Crippen LogP contribution in [0.3, 0.4) is 0 Å². The Labute approximate surface area is 195 Å². The van der Waals surface area contributed by atoms with Crippen LogP contribution in [0.2, 0.25) is 5.02 Å². The summed E-state index contributed by atoms with van der Waals surface area (Å²) in [5, 5.41) is 9.20. The van der Waals surface area contributed by atoms with Crippen LogP contribution in [0.1, 0.15) is 16.8 Å². The molecule has 0 atom stereocenters. The normalized spacial score (nSPS) is 13.6. The van der Waals surface area contributed by atoms with Gasteiger partial charge in [-0.3, -0.25) is 9.59 Å². The third kappa shape index (κ3) is 5.85. The summed E-state index contributed by atoms with van der Waals surface area (Å²) in [6, 6.07) is 14.2. The molecule has 2 heterocycles. The largest absolute Gasteiger partial charge is 0.378 e. The van der Waals surface area contributed by atoms with E-state index in [0.717, 1.165) is 42.7 Å². The van der Waals surface area contributed by atoms with Crippen LogP contribution in [0.5, 0.6) is 0 Å². The van der Waals surface area contributed by atoms with Crippen LogP contribution < -0.4 is 15.5 Å². The summed E-state index contributed by atoms with van der Waals surface area (Å²) in [6.45, 7) is 3.42. The zero-order chi connectivity index (χ0) is 22.3. The number of halogens is 1. The van der Waals surface area contributed by atoms with Gasteiger partial charge in [0, 0.05) is 53.3 Å². The summed E-state index contributed by atoms with van der Waals surface area (Å²) >= 11 is 7.45. The number of nitrogens with zero attached hydrogens (tertiary/aromatic N) is 2. The lowest BCUT2D eigenvalue weighted by Gasteiger charge is -2.26. The molecule has 0 spiro atoms. The Morgan fingerprint density at radius 1 is 1.06 bits per heavy atom. The van der Waals surface area contributed by atoms with Crippen molar-refractivity contribution in [3.63, 3.8) is 0 Å². The number of morpholine rings is 1. The quantitative estimate of drug-likeness (QED) is 0.544. The molecule has 166 valence electrons. The van der Waals surface area contributed by atoms with E-state index in [2.05, 4.69) is 15.5 Å². The number of benzene rings is 2. The van der Waals surface area contributed by atoms with Gasteiger partial charge in [-0.25, -0.2) is 4.98 Å². The van der Waals surface area contributed by atoms with Gasteiger partial charge in [0.05, 0.1) is 18.9 Å². The van der Waals surface area contributed by atoms with Gasteiger partial charge in [0.2, 0.25) is 5.91 Å². The zero-order valence-corrected chi connectivity index (χ0v) is 18.9. The van der Waals surface area contributed by atoms with Gasteiger partial charge in [-0.1, -0.05) is 23.7 Å². The van der Waals surface area contributed by atoms with Crippen LogP contribution in [0.4, 0.5) is 10.8 Å². The molecule has 1 saturated heterocycles. The fourth-order valence-corrected chi connectivity index (χ4v) is 4.25. The highest BCUT2D eigenvalue weighted by Crippen LogP contribution is 2.28. The maximum Gasteiger partial charge on any atom is 0.251 e. The summed E-state index contributed by atoms with van der Waals surface area (Å²) in [7, 11) is 0. The molecular weight excluding hydrogens is 448 g/mol. The van der Waals surface area contributed by atoms with Gasteiger partial charge in [0.15, 0.2) is 5.13 Å². The van der Waals surface area contributed by atoms with Gasteiger partial charge in [-0.15, -0.1) is 11.3 Å². The predicted octanol–water partition coefficient (Wildman–Crippen LogP) is 4.06. The van der Waals surface area contributed by atoms with E-state index in [0.29, 0.717) is 16.3 Å². The first-order valence-corrected chi connectivity index (χ1v) is 11.6. The third-order valence-electron chi connectivity index (χ3n) is 4.98. The van der Waals surface area contributed by atoms with Gasteiger partial charge >= 0.3 is 0 Å². The van der Waals surface area contributed by atoms with Crippen LogP contribution in [0.25, 0.3) is 11.3 Å². The van der Waals surface area contributed by atoms with Crippen molar-refractivity contribution in [3.8, 4) is 11.3 Å². The Morgan fingerprint density at radius 3 is 2.50 bits per heavy atom. The number of aromatic nitrogens is 1. The Kier molecular flexibility index (Phi) is 7.36. The molecule has 0 saturated carbocycles. The summed E-state index contributed by atoms with van der Waals surface area (Å²) in [5.41, 5.74) is 3.11. The van der Waals surface area contributed by atoms with Gasteiger partial charge in [0.1, 0.15) is 0 Å². The number of amides is 2. The van der Waals surface area contributed by atoms with Gasteiger partial charge in [-0.2, -0.15) is 0 Å². The van der Waals surface area contributed by atoms with E-state index in [1.165, 1.54) is 0 Å². The van der Waals surface area contributed by atoms with E-state index in [1.807, 2.05) is 29.6 Å². The molecule has 7 nitrogen and oxygen atoms in total. The number of nitrogens with one attached hydrogen (secondary N) is 2. The van der Waals surface area contributed by atoms with E-state index < -0.39 is 0 Å². The molecule has 0 aliphatic carbocycles. The van der Waals surface area contributed by atoms with Gasteiger partial charge in [0.25, 0.3) is 5.91 Å². The Morgan fingerprint density at radius 2 is 1.78 bits per heavy atom. The van der Waals surface area contributed by atoms with Crippen molar-refractivity contribution in [3.05, 3.63) is 64.5 Å². The molecule has 2 amide bonds. The summed E-state index contributed by atoms with van der Waals surface area (Å²) in [6.07, 6.45) is 0.177. The van der Waals surface area contributed by atoms with Gasteiger partial charge in [-0.05, 0) is 36.4 Å². The first-order valence-electron chi connectivity index (χ1n) is 10.3. The van der Waals surface area contributed by atoms with E-state index in [9.17, 15) is 9.59 Å². The van der Waals surface area contributed by atoms with Crippen molar-refractivity contribution in [1.82, 2.24) is 10.3 Å². The highest BCUT2D eigenvalue weighted by atomic mass is 35.5. The van der Waals surface area contributed by atoms with E-state index in [1.54, 1.807) is 35.6 Å². The number of carbonyl (C=O) groups excluding carboxylic acids is 2. The second kappa shape index (κ2) is 10.6. The molecule has 0 unspecified atom stereocenters. The Hall–Kier alpha value is -2.94. The molecule has 1 aliphatic heterocycles. The van der Waals surface area contributed by atoms with E-state index in [-0.39, 0.29) is 24.8 Å². The molecule has 0 radical (unpaired) electrons. The first-order chi connectivity index (χ1) is 15.6. The number of hydrogen-bond acceptors (Lipinski definition) is 6. The second-order valence-electron chi connectivity index (χ2n) is 7.25. The van der Waals surface area contributed by atoms with Crippen molar-refractivity contribution in [2.24, 2.45) is 0 Å². The van der Waals surface area contributed by atoms with Gasteiger partial charge < -0.3 is 20.3 Å². The van der Waals surface area contributed by atoms with Crippen LogP contribution in [-0.4, -0.2) is 49.6 Å². The lowest BCUT2D eigenvalue weighted by Crippen LogP contribution is -2.36. The SMILES string of the molecule is O=C(CCNC(=O)c1ccc(Cl)cc1)Nc1ccc(-c2csc(N3CCOCC3)n2)cc1. The molecule has 4 rings (SSSR count). The molecule has 0 bridgehead atoms. The number of rotatable bonds is 7. The van der Waals surface area contributed by atoms with Crippen LogP contribution >= 0.6 is 22.9 Å². The van der Waals surface area contributed by atoms with E-state index in [4.69, 9.17) is 21.3 Å². The monoisotopic (exact) mass is 470 g/mol. The minimum Gasteiger partial charge on any atom is -0.378 e. The Balaban J connectivity index is 1.25. The fourth-order valence-electron chi connectivity index (χ4n) is 3.24. The van der Waals surface area contributed by atoms with Crippen LogP contribution in [0.15, 0.2) is 53.9 Å². The van der Waals surface area contributed by atoms with Crippen molar-refractivity contribution in [2.75, 3.05) is 43.1 Å². The predicted molar refractivity (Wildman–Crippen MR) is 128 cm³/mol. The summed E-state index contributed by atoms with van der Waals surface area (Å²) in [5.74, 6) is -0.407. The van der Waals surface area contributed by atoms with Crippen molar-refractivity contribution in [1.29, 1.82) is 0 Å². The standard InChI is InChI=1S/C23H23ClN4O3S/c24-18-5-1-17(2-6-18)22(30)25-10-9-21(29)26-19-7-3-16(4-8-19)20-15-32-23(27-20)28-11-13-31-14-12-28/h1-8,15H,9-14H2,(H,25,30)(H,26,29). The number of anilines is 2. The molecule has 2 N–H and O–H groups in total. The van der Waals surface area contributed by atoms with Crippen molar-refractivity contribution in [2.45, 2.75) is 6.42 Å². The average Bonchev–Trinajstić information content (AvgIpc) is 3.31. The lowest BCUT2D eigenvalue weighted by molar-refractivity contribution is -0.116. The third-order valence-corrected chi connectivity index (χ3v) is 6.14. The minimum absolute atomic E-state index is 0.169. The van der Waals surface area contributed by atoms with Crippen molar-refractivity contribution < 1.29 is 14.3 Å². The molecule has 1 aromatic heterocycles. The average molecular weight is 471 g/mol. The number of ether oxygens (including phenoxy) is 1.